The Labute approximate surface area is 116 Å². The maximum absolute atomic E-state index is 13.2. The number of hydrogen-bond acceptors (Lipinski definition) is 4. The normalized spacial score (nSPS) is 10.2. The summed E-state index contributed by atoms with van der Waals surface area (Å²) in [7, 11) is 1.30. The monoisotopic (exact) mass is 274 g/mol. The van der Waals surface area contributed by atoms with Crippen molar-refractivity contribution in [2.45, 2.75) is 6.92 Å². The Kier molecular flexibility index (Phi) is 3.89. The zero-order valence-electron chi connectivity index (χ0n) is 11.2. The third-order valence-corrected chi connectivity index (χ3v) is 2.91. The lowest BCUT2D eigenvalue weighted by Gasteiger charge is -2.10. The molecule has 0 aliphatic carbocycles. The fourth-order valence-corrected chi connectivity index (χ4v) is 1.81. The molecule has 0 bridgehead atoms. The van der Waals surface area contributed by atoms with Gasteiger partial charge in [-0.1, -0.05) is 0 Å². The number of carbonyl (C=O) groups excluding carboxylic acids is 1. The van der Waals surface area contributed by atoms with Crippen LogP contribution >= 0.6 is 0 Å². The minimum atomic E-state index is -0.499. The van der Waals surface area contributed by atoms with E-state index in [9.17, 15) is 9.18 Å². The zero-order chi connectivity index (χ0) is 14.7. The van der Waals surface area contributed by atoms with Crippen LogP contribution in [0, 0.1) is 12.7 Å². The summed E-state index contributed by atoms with van der Waals surface area (Å²) in [4.78, 5) is 11.6. The van der Waals surface area contributed by atoms with Gasteiger partial charge in [0.25, 0.3) is 0 Å². The second-order valence-corrected chi connectivity index (χ2v) is 4.38. The minimum absolute atomic E-state index is 0.261. The Morgan fingerprint density at radius 2 is 1.85 bits per heavy atom. The van der Waals surface area contributed by atoms with Crippen molar-refractivity contribution in [1.82, 2.24) is 0 Å². The Balaban J connectivity index is 2.29. The molecule has 0 unspecified atom stereocenters. The van der Waals surface area contributed by atoms with E-state index in [4.69, 9.17) is 5.73 Å². The lowest BCUT2D eigenvalue weighted by atomic mass is 10.1. The predicted octanol–water partition coefficient (Wildman–Crippen LogP) is 3.25. The molecular weight excluding hydrogens is 259 g/mol. The average Bonchev–Trinajstić information content (AvgIpc) is 2.44. The van der Waals surface area contributed by atoms with Crippen molar-refractivity contribution in [3.05, 3.63) is 53.3 Å². The van der Waals surface area contributed by atoms with Crippen molar-refractivity contribution in [3.8, 4) is 0 Å². The Morgan fingerprint density at radius 1 is 1.20 bits per heavy atom. The van der Waals surface area contributed by atoms with Crippen LogP contribution in [0.2, 0.25) is 0 Å². The highest BCUT2D eigenvalue weighted by Gasteiger charge is 2.10. The number of benzene rings is 2. The van der Waals surface area contributed by atoms with Gasteiger partial charge in [0.15, 0.2) is 0 Å². The van der Waals surface area contributed by atoms with E-state index in [1.54, 1.807) is 37.3 Å². The van der Waals surface area contributed by atoms with Crippen LogP contribution in [0.5, 0.6) is 0 Å². The fraction of sp³-hybridized carbons (Fsp3) is 0.133. The molecule has 0 aromatic heterocycles. The van der Waals surface area contributed by atoms with E-state index < -0.39 is 5.97 Å². The standard InChI is InChI=1S/C15H15FN2O2/c1-9-7-10(3-5-13(9)16)18-11-4-6-14(17)12(8-11)15(19)20-2/h3-8,18H,17H2,1-2H3. The molecule has 0 fully saturated rings. The highest BCUT2D eigenvalue weighted by molar-refractivity contribution is 5.96. The maximum atomic E-state index is 13.2. The van der Waals surface area contributed by atoms with Crippen LogP contribution in [-0.4, -0.2) is 13.1 Å². The lowest BCUT2D eigenvalue weighted by molar-refractivity contribution is 0.0602. The number of halogens is 1. The van der Waals surface area contributed by atoms with Gasteiger partial charge in [-0.3, -0.25) is 0 Å². The molecule has 104 valence electrons. The minimum Gasteiger partial charge on any atom is -0.465 e. The van der Waals surface area contributed by atoms with E-state index in [0.29, 0.717) is 16.9 Å². The van der Waals surface area contributed by atoms with E-state index in [2.05, 4.69) is 10.1 Å². The van der Waals surface area contributed by atoms with Crippen LogP contribution < -0.4 is 11.1 Å². The van der Waals surface area contributed by atoms with Gasteiger partial charge in [0.2, 0.25) is 0 Å². The number of methoxy groups -OCH3 is 1. The van der Waals surface area contributed by atoms with Gasteiger partial charge in [-0.2, -0.15) is 0 Å². The number of nitrogens with two attached hydrogens (primary N) is 1. The van der Waals surface area contributed by atoms with Gasteiger partial charge in [0, 0.05) is 17.1 Å². The Bertz CT molecular complexity index is 656. The Hall–Kier alpha value is -2.56. The summed E-state index contributed by atoms with van der Waals surface area (Å²) < 4.78 is 17.9. The third kappa shape index (κ3) is 2.88. The van der Waals surface area contributed by atoms with Crippen molar-refractivity contribution < 1.29 is 13.9 Å². The SMILES string of the molecule is COC(=O)c1cc(Nc2ccc(F)c(C)c2)ccc1N. The molecule has 5 heteroatoms. The molecule has 0 saturated carbocycles. The summed E-state index contributed by atoms with van der Waals surface area (Å²) >= 11 is 0. The average molecular weight is 274 g/mol. The van der Waals surface area contributed by atoms with Crippen molar-refractivity contribution in [2.24, 2.45) is 0 Å². The molecule has 4 nitrogen and oxygen atoms in total. The van der Waals surface area contributed by atoms with Crippen LogP contribution in [0.3, 0.4) is 0 Å². The number of hydrogen-bond donors (Lipinski definition) is 2. The quantitative estimate of drug-likeness (QED) is 0.666. The number of ether oxygens (including phenoxy) is 1. The molecule has 0 aliphatic rings. The van der Waals surface area contributed by atoms with Gasteiger partial charge in [0.1, 0.15) is 5.82 Å². The number of aryl methyl sites for hydroxylation is 1. The molecule has 0 amide bonds. The zero-order valence-corrected chi connectivity index (χ0v) is 11.2. The summed E-state index contributed by atoms with van der Waals surface area (Å²) in [5, 5.41) is 3.09. The number of rotatable bonds is 3. The summed E-state index contributed by atoms with van der Waals surface area (Å²) in [6.07, 6.45) is 0. The first-order valence-electron chi connectivity index (χ1n) is 6.02. The second kappa shape index (κ2) is 5.61. The van der Waals surface area contributed by atoms with Crippen LogP contribution in [0.4, 0.5) is 21.5 Å². The van der Waals surface area contributed by atoms with E-state index in [0.717, 1.165) is 5.69 Å². The maximum Gasteiger partial charge on any atom is 0.340 e. The molecule has 3 N–H and O–H groups in total. The van der Waals surface area contributed by atoms with Gasteiger partial charge in [0.05, 0.1) is 12.7 Å². The highest BCUT2D eigenvalue weighted by Crippen LogP contribution is 2.23. The smallest absolute Gasteiger partial charge is 0.340 e. The van der Waals surface area contributed by atoms with Crippen molar-refractivity contribution >= 4 is 23.0 Å². The number of anilines is 3. The van der Waals surface area contributed by atoms with Gasteiger partial charge < -0.3 is 15.8 Å². The van der Waals surface area contributed by atoms with Gasteiger partial charge in [-0.15, -0.1) is 0 Å². The molecule has 2 aromatic carbocycles. The molecule has 0 aliphatic heterocycles. The number of esters is 1. The fourth-order valence-electron chi connectivity index (χ4n) is 1.81. The van der Waals surface area contributed by atoms with Gasteiger partial charge in [-0.05, 0) is 48.9 Å². The number of nitrogens with one attached hydrogen (secondary N) is 1. The van der Waals surface area contributed by atoms with Crippen LogP contribution in [0.25, 0.3) is 0 Å². The van der Waals surface area contributed by atoms with Crippen molar-refractivity contribution in [1.29, 1.82) is 0 Å². The number of nitrogen functional groups attached to an aromatic ring is 1. The third-order valence-electron chi connectivity index (χ3n) is 2.91. The van der Waals surface area contributed by atoms with Gasteiger partial charge >= 0.3 is 5.97 Å². The van der Waals surface area contributed by atoms with Crippen LogP contribution in [0.15, 0.2) is 36.4 Å². The molecule has 20 heavy (non-hydrogen) atoms. The van der Waals surface area contributed by atoms with Crippen molar-refractivity contribution in [3.63, 3.8) is 0 Å². The Morgan fingerprint density at radius 3 is 2.50 bits per heavy atom. The lowest BCUT2D eigenvalue weighted by Crippen LogP contribution is -2.06. The topological polar surface area (TPSA) is 64.3 Å². The largest absolute Gasteiger partial charge is 0.465 e. The molecule has 2 rings (SSSR count). The van der Waals surface area contributed by atoms with Gasteiger partial charge in [-0.25, -0.2) is 9.18 Å². The molecule has 0 heterocycles. The summed E-state index contributed by atoms with van der Waals surface area (Å²) in [6.45, 7) is 1.68. The summed E-state index contributed by atoms with van der Waals surface area (Å²) in [6, 6.07) is 9.64. The first kappa shape index (κ1) is 13.9. The van der Waals surface area contributed by atoms with E-state index in [1.807, 2.05) is 0 Å². The van der Waals surface area contributed by atoms with E-state index in [-0.39, 0.29) is 11.4 Å². The first-order valence-corrected chi connectivity index (χ1v) is 6.02. The molecule has 0 saturated heterocycles. The molecule has 0 radical (unpaired) electrons. The van der Waals surface area contributed by atoms with E-state index >= 15 is 0 Å². The second-order valence-electron chi connectivity index (χ2n) is 4.38. The molecule has 2 aromatic rings. The van der Waals surface area contributed by atoms with Crippen LogP contribution in [-0.2, 0) is 4.74 Å². The van der Waals surface area contributed by atoms with Crippen molar-refractivity contribution in [2.75, 3.05) is 18.2 Å². The summed E-state index contributed by atoms with van der Waals surface area (Å²) in [5.74, 6) is -0.760. The van der Waals surface area contributed by atoms with E-state index in [1.165, 1.54) is 13.2 Å². The molecular formula is C15H15FN2O2. The highest BCUT2D eigenvalue weighted by atomic mass is 19.1. The summed E-state index contributed by atoms with van der Waals surface area (Å²) in [5.41, 5.74) is 8.30. The molecule has 0 spiro atoms. The predicted molar refractivity (Wildman–Crippen MR) is 76.6 cm³/mol. The first-order chi connectivity index (χ1) is 9.51. The number of carbonyl (C=O) groups is 1. The molecule has 0 atom stereocenters. The van der Waals surface area contributed by atoms with Crippen LogP contribution in [0.1, 0.15) is 15.9 Å².